The Balaban J connectivity index is 5.14. The summed E-state index contributed by atoms with van der Waals surface area (Å²) < 4.78 is 0. The summed E-state index contributed by atoms with van der Waals surface area (Å²) in [5.74, 6) is -3.42. The van der Waals surface area contributed by atoms with Gasteiger partial charge in [0.15, 0.2) is 0 Å². The fraction of sp³-hybridized carbons (Fsp3) is 0.722. The molecule has 4 unspecified atom stereocenters. The number of aliphatic carboxylic acids is 2. The number of carbonyl (C=O) groups excluding carboxylic acids is 3. The summed E-state index contributed by atoms with van der Waals surface area (Å²) in [4.78, 5) is 59.5. The lowest BCUT2D eigenvalue weighted by atomic mass is 10.1. The summed E-state index contributed by atoms with van der Waals surface area (Å²) in [7, 11) is 0. The van der Waals surface area contributed by atoms with Crippen molar-refractivity contribution in [2.24, 2.45) is 5.73 Å². The number of thiol groups is 1. The predicted octanol–water partition coefficient (Wildman–Crippen LogP) is -0.846. The van der Waals surface area contributed by atoms with Gasteiger partial charge >= 0.3 is 11.9 Å². The Morgan fingerprint density at radius 3 is 1.81 bits per heavy atom. The molecule has 32 heavy (non-hydrogen) atoms. The number of nitrogens with one attached hydrogen (secondary N) is 3. The molecule has 0 aliphatic carbocycles. The summed E-state index contributed by atoms with van der Waals surface area (Å²) in [6, 6.07) is -4.33. The molecule has 0 aliphatic heterocycles. The molecule has 0 rings (SSSR count). The maximum absolute atomic E-state index is 12.7. The van der Waals surface area contributed by atoms with Crippen LogP contribution in [0.25, 0.3) is 0 Å². The summed E-state index contributed by atoms with van der Waals surface area (Å²) in [6.07, 6.45) is 3.70. The molecular formula is C18H32N4O7S3. The van der Waals surface area contributed by atoms with Crippen LogP contribution in [0.15, 0.2) is 0 Å². The lowest BCUT2D eigenvalue weighted by molar-refractivity contribution is -0.143. The van der Waals surface area contributed by atoms with Crippen LogP contribution in [0.4, 0.5) is 0 Å². The number of hydrogen-bond donors (Lipinski definition) is 7. The minimum Gasteiger partial charge on any atom is -0.481 e. The Morgan fingerprint density at radius 1 is 0.812 bits per heavy atom. The van der Waals surface area contributed by atoms with E-state index >= 15 is 0 Å². The maximum Gasteiger partial charge on any atom is 0.326 e. The zero-order chi connectivity index (χ0) is 24.7. The van der Waals surface area contributed by atoms with Crippen molar-refractivity contribution in [1.29, 1.82) is 0 Å². The topological polar surface area (TPSA) is 188 Å². The van der Waals surface area contributed by atoms with E-state index in [1.807, 2.05) is 12.5 Å². The van der Waals surface area contributed by atoms with Crippen LogP contribution in [0.2, 0.25) is 0 Å². The van der Waals surface area contributed by atoms with E-state index in [-0.39, 0.29) is 12.2 Å². The van der Waals surface area contributed by atoms with E-state index < -0.39 is 60.2 Å². The van der Waals surface area contributed by atoms with Crippen LogP contribution >= 0.6 is 36.2 Å². The summed E-state index contributed by atoms with van der Waals surface area (Å²) in [5.41, 5.74) is 5.85. The van der Waals surface area contributed by atoms with Crippen molar-refractivity contribution < 1.29 is 34.2 Å². The molecular weight excluding hydrogens is 480 g/mol. The normalized spacial score (nSPS) is 14.5. The molecule has 0 aromatic carbocycles. The number of carboxylic acid groups (broad SMARTS) is 2. The smallest absolute Gasteiger partial charge is 0.326 e. The minimum absolute atomic E-state index is 0.140. The standard InChI is InChI=1S/C18H32N4O7S3/c1-31-7-5-10(19)15(25)20-11(6-8-32-2)16(26)22-13(9-30)17(27)21-12(18(28)29)3-4-14(23)24/h10-13,30H,3-9,19H2,1-2H3,(H,20,25)(H,21,27)(H,22,26)(H,23,24)(H,28,29). The average Bonchev–Trinajstić information content (AvgIpc) is 2.74. The number of thioether (sulfide) groups is 2. The molecule has 4 atom stereocenters. The van der Waals surface area contributed by atoms with Crippen molar-refractivity contribution in [2.45, 2.75) is 49.9 Å². The van der Waals surface area contributed by atoms with Crippen LogP contribution in [-0.4, -0.2) is 93.8 Å². The van der Waals surface area contributed by atoms with E-state index in [1.165, 1.54) is 11.8 Å². The minimum atomic E-state index is -1.43. The van der Waals surface area contributed by atoms with Gasteiger partial charge in [0.25, 0.3) is 0 Å². The molecule has 184 valence electrons. The molecule has 0 aliphatic rings. The van der Waals surface area contributed by atoms with E-state index in [2.05, 4.69) is 28.6 Å². The Bertz CT molecular complexity index is 654. The van der Waals surface area contributed by atoms with Crippen LogP contribution in [0.5, 0.6) is 0 Å². The largest absolute Gasteiger partial charge is 0.481 e. The van der Waals surface area contributed by atoms with Crippen LogP contribution in [-0.2, 0) is 24.0 Å². The fourth-order valence-electron chi connectivity index (χ4n) is 2.42. The van der Waals surface area contributed by atoms with Gasteiger partial charge in [-0.05, 0) is 43.3 Å². The van der Waals surface area contributed by atoms with Gasteiger partial charge < -0.3 is 31.9 Å². The Hall–Kier alpha value is -1.64. The van der Waals surface area contributed by atoms with Gasteiger partial charge in [-0.15, -0.1) is 0 Å². The summed E-state index contributed by atoms with van der Waals surface area (Å²) >= 11 is 7.05. The van der Waals surface area contributed by atoms with Crippen molar-refractivity contribution in [1.82, 2.24) is 16.0 Å². The molecule has 0 heterocycles. The van der Waals surface area contributed by atoms with Gasteiger partial charge in [-0.2, -0.15) is 36.2 Å². The van der Waals surface area contributed by atoms with Gasteiger partial charge in [-0.3, -0.25) is 19.2 Å². The first-order valence-electron chi connectivity index (χ1n) is 9.77. The molecule has 0 saturated heterocycles. The number of hydrogen-bond acceptors (Lipinski definition) is 9. The van der Waals surface area contributed by atoms with Crippen molar-refractivity contribution in [3.05, 3.63) is 0 Å². The lowest BCUT2D eigenvalue weighted by Gasteiger charge is -2.24. The van der Waals surface area contributed by atoms with Crippen LogP contribution < -0.4 is 21.7 Å². The third kappa shape index (κ3) is 12.4. The second kappa shape index (κ2) is 16.9. The molecule has 0 spiro atoms. The second-order valence-corrected chi connectivity index (χ2v) is 9.14. The molecule has 0 fully saturated rings. The maximum atomic E-state index is 12.7. The Kier molecular flexibility index (Phi) is 16.1. The first-order valence-corrected chi connectivity index (χ1v) is 13.2. The fourth-order valence-corrected chi connectivity index (χ4v) is 3.64. The molecule has 0 bridgehead atoms. The number of carbonyl (C=O) groups is 5. The summed E-state index contributed by atoms with van der Waals surface area (Å²) in [6.45, 7) is 0. The number of rotatable bonds is 17. The molecule has 0 aromatic heterocycles. The third-order valence-electron chi connectivity index (χ3n) is 4.29. The molecule has 11 nitrogen and oxygen atoms in total. The second-order valence-electron chi connectivity index (χ2n) is 6.81. The monoisotopic (exact) mass is 512 g/mol. The first kappa shape index (κ1) is 30.4. The van der Waals surface area contributed by atoms with E-state index in [1.54, 1.807) is 11.8 Å². The van der Waals surface area contributed by atoms with E-state index in [0.29, 0.717) is 24.3 Å². The molecule has 0 radical (unpaired) electrons. The number of nitrogens with two attached hydrogens (primary N) is 1. The number of amides is 3. The van der Waals surface area contributed by atoms with Crippen LogP contribution in [0.1, 0.15) is 25.7 Å². The zero-order valence-electron chi connectivity index (χ0n) is 18.0. The molecule has 3 amide bonds. The Labute approximate surface area is 201 Å². The number of carboxylic acids is 2. The highest BCUT2D eigenvalue weighted by atomic mass is 32.2. The van der Waals surface area contributed by atoms with Gasteiger partial charge in [0, 0.05) is 12.2 Å². The van der Waals surface area contributed by atoms with E-state index in [9.17, 15) is 29.1 Å². The van der Waals surface area contributed by atoms with Crippen molar-refractivity contribution >= 4 is 65.8 Å². The Morgan fingerprint density at radius 2 is 1.31 bits per heavy atom. The van der Waals surface area contributed by atoms with Gasteiger partial charge in [0.1, 0.15) is 18.1 Å². The SMILES string of the molecule is CSCCC(N)C(=O)NC(CCSC)C(=O)NC(CS)C(=O)NC(CCC(=O)O)C(=O)O. The lowest BCUT2D eigenvalue weighted by Crippen LogP contribution is -2.57. The van der Waals surface area contributed by atoms with Crippen LogP contribution in [0, 0.1) is 0 Å². The molecule has 0 saturated carbocycles. The molecule has 0 aromatic rings. The highest BCUT2D eigenvalue weighted by molar-refractivity contribution is 7.98. The average molecular weight is 513 g/mol. The van der Waals surface area contributed by atoms with Gasteiger partial charge in [-0.1, -0.05) is 0 Å². The van der Waals surface area contributed by atoms with Gasteiger partial charge in [0.2, 0.25) is 17.7 Å². The van der Waals surface area contributed by atoms with Crippen LogP contribution in [0.3, 0.4) is 0 Å². The quantitative estimate of drug-likeness (QED) is 0.121. The third-order valence-corrected chi connectivity index (χ3v) is 5.94. The van der Waals surface area contributed by atoms with Crippen molar-refractivity contribution in [3.63, 3.8) is 0 Å². The van der Waals surface area contributed by atoms with Crippen molar-refractivity contribution in [2.75, 3.05) is 29.8 Å². The predicted molar refractivity (Wildman–Crippen MR) is 128 cm³/mol. The van der Waals surface area contributed by atoms with Crippen molar-refractivity contribution in [3.8, 4) is 0 Å². The van der Waals surface area contributed by atoms with E-state index in [4.69, 9.17) is 10.8 Å². The van der Waals surface area contributed by atoms with Gasteiger partial charge in [0.05, 0.1) is 6.04 Å². The molecule has 14 heteroatoms. The zero-order valence-corrected chi connectivity index (χ0v) is 20.6. The van der Waals surface area contributed by atoms with Gasteiger partial charge in [-0.25, -0.2) is 4.79 Å². The van der Waals surface area contributed by atoms with E-state index in [0.717, 1.165) is 0 Å². The summed E-state index contributed by atoms with van der Waals surface area (Å²) in [5, 5.41) is 25.2. The highest BCUT2D eigenvalue weighted by Crippen LogP contribution is 2.05. The first-order chi connectivity index (χ1) is 15.1. The molecule has 7 N–H and O–H groups in total. The highest BCUT2D eigenvalue weighted by Gasteiger charge is 2.29.